The molecule has 0 unspecified atom stereocenters. The van der Waals surface area contributed by atoms with Crippen molar-refractivity contribution in [1.82, 2.24) is 20.3 Å². The van der Waals surface area contributed by atoms with Gasteiger partial charge in [0.1, 0.15) is 16.7 Å². The monoisotopic (exact) mass is 240 g/mol. The highest BCUT2D eigenvalue weighted by Gasteiger charge is 2.27. The van der Waals surface area contributed by atoms with Crippen LogP contribution >= 0.6 is 0 Å². The summed E-state index contributed by atoms with van der Waals surface area (Å²) in [6.45, 7) is 0. The summed E-state index contributed by atoms with van der Waals surface area (Å²) in [4.78, 5) is 31.3. The number of nitrogens with zero attached hydrogens (tertiary/aromatic N) is 3. The zero-order chi connectivity index (χ0) is 12.3. The third-order valence-electron chi connectivity index (χ3n) is 2.92. The fourth-order valence-corrected chi connectivity index (χ4v) is 2.07. The lowest BCUT2D eigenvalue weighted by atomic mass is 10.0. The molecule has 1 aliphatic carbocycles. The average Bonchev–Trinajstić information content (AvgIpc) is 2.97. The van der Waals surface area contributed by atoms with Crippen molar-refractivity contribution in [2.75, 3.05) is 0 Å². The molecule has 7 nitrogen and oxygen atoms in total. The van der Waals surface area contributed by atoms with E-state index in [-0.39, 0.29) is 5.69 Å². The molecule has 1 N–H and O–H groups in total. The Labute approximate surface area is 98.4 Å². The molecule has 4 rings (SSSR count). The van der Waals surface area contributed by atoms with Gasteiger partial charge in [-0.3, -0.25) is 14.2 Å². The summed E-state index contributed by atoms with van der Waals surface area (Å²) in [7, 11) is 0. The van der Waals surface area contributed by atoms with E-state index in [0.29, 0.717) is 27.6 Å². The van der Waals surface area contributed by atoms with E-state index in [2.05, 4.69) is 20.3 Å². The van der Waals surface area contributed by atoms with Crippen molar-refractivity contribution >= 4 is 39.7 Å². The maximum absolute atomic E-state index is 11.7. The van der Waals surface area contributed by atoms with E-state index in [4.69, 9.17) is 4.63 Å². The zero-order valence-corrected chi connectivity index (χ0v) is 8.80. The molecule has 0 spiro atoms. The summed E-state index contributed by atoms with van der Waals surface area (Å²) in [6.07, 6.45) is 4.38. The highest BCUT2D eigenvalue weighted by molar-refractivity contribution is 6.50. The number of ketones is 2. The van der Waals surface area contributed by atoms with Crippen LogP contribution in [0.3, 0.4) is 0 Å². The normalized spacial score (nSPS) is 14.7. The lowest BCUT2D eigenvalue weighted by Gasteiger charge is -2.00. The van der Waals surface area contributed by atoms with Crippen molar-refractivity contribution in [1.29, 1.82) is 0 Å². The minimum Gasteiger partial charge on any atom is -0.285 e. The first kappa shape index (κ1) is 9.23. The van der Waals surface area contributed by atoms with Crippen LogP contribution in [-0.4, -0.2) is 31.8 Å². The Balaban J connectivity index is 2.21. The molecular weight excluding hydrogens is 236 g/mol. The molecule has 3 aromatic heterocycles. The molecule has 3 aromatic rings. The van der Waals surface area contributed by atoms with E-state index in [0.717, 1.165) is 0 Å². The summed E-state index contributed by atoms with van der Waals surface area (Å²) in [5.74, 6) is -1.17. The number of carbonyl (C=O) groups is 2. The molecule has 0 bridgehead atoms. The van der Waals surface area contributed by atoms with Gasteiger partial charge in [0.15, 0.2) is 0 Å². The molecule has 1 aliphatic rings. The van der Waals surface area contributed by atoms with Gasteiger partial charge in [-0.25, -0.2) is 9.97 Å². The number of hydrogen-bond acceptors (Lipinski definition) is 6. The Morgan fingerprint density at radius 1 is 1.22 bits per heavy atom. The molecule has 3 heterocycles. The number of aromatic amines is 1. The van der Waals surface area contributed by atoms with Crippen LogP contribution in [0.2, 0.25) is 0 Å². The maximum atomic E-state index is 11.7. The largest absolute Gasteiger partial charge is 0.285 e. The second-order valence-electron chi connectivity index (χ2n) is 3.90. The van der Waals surface area contributed by atoms with Gasteiger partial charge in [-0.15, -0.1) is 0 Å². The predicted molar refractivity (Wildman–Crippen MR) is 59.8 cm³/mol. The van der Waals surface area contributed by atoms with Crippen LogP contribution in [0.25, 0.3) is 28.1 Å². The molecule has 86 valence electrons. The summed E-state index contributed by atoms with van der Waals surface area (Å²) >= 11 is 0. The fraction of sp³-hybridized carbons (Fsp3) is 0. The van der Waals surface area contributed by atoms with E-state index >= 15 is 0 Å². The third-order valence-corrected chi connectivity index (χ3v) is 2.92. The molecule has 0 atom stereocenters. The van der Waals surface area contributed by atoms with Crippen LogP contribution < -0.4 is 0 Å². The number of Topliss-reactive ketones (excluding diaryl/α,β-unsaturated/α-hetero) is 1. The van der Waals surface area contributed by atoms with Gasteiger partial charge >= 0.3 is 0 Å². The SMILES string of the molecule is O=C1C=Cc2c(nc3c2cnc2no[nH]c23)C1=O. The number of rotatable bonds is 0. The molecule has 0 saturated carbocycles. The second-order valence-corrected chi connectivity index (χ2v) is 3.90. The van der Waals surface area contributed by atoms with Gasteiger partial charge in [0.25, 0.3) is 5.78 Å². The van der Waals surface area contributed by atoms with Crippen LogP contribution in [0.4, 0.5) is 0 Å². The standard InChI is InChI=1S/C11H4N4O3/c16-6-2-1-4-5-3-12-11-9(14-18-15-11)7(5)13-8(4)10(6)17/h1-3,14H. The molecule has 0 aromatic carbocycles. The Hall–Kier alpha value is -2.83. The molecule has 0 radical (unpaired) electrons. The number of nitrogens with one attached hydrogen (secondary N) is 1. The fourth-order valence-electron chi connectivity index (χ4n) is 2.07. The van der Waals surface area contributed by atoms with Crippen LogP contribution in [-0.2, 0) is 4.79 Å². The van der Waals surface area contributed by atoms with Gasteiger partial charge < -0.3 is 0 Å². The quantitative estimate of drug-likeness (QED) is 0.585. The highest BCUT2D eigenvalue weighted by atomic mass is 16.6. The van der Waals surface area contributed by atoms with Gasteiger partial charge in [-0.05, 0) is 17.3 Å². The zero-order valence-electron chi connectivity index (χ0n) is 8.80. The van der Waals surface area contributed by atoms with Gasteiger partial charge in [0, 0.05) is 17.1 Å². The van der Waals surface area contributed by atoms with Gasteiger partial charge in [0.05, 0.1) is 0 Å². The lowest BCUT2D eigenvalue weighted by molar-refractivity contribution is -0.110. The summed E-state index contributed by atoms with van der Waals surface area (Å²) in [5, 5.41) is 6.91. The summed E-state index contributed by atoms with van der Waals surface area (Å²) < 4.78 is 4.71. The van der Waals surface area contributed by atoms with Crippen LogP contribution in [0.1, 0.15) is 16.1 Å². The first-order chi connectivity index (χ1) is 8.75. The molecule has 7 heteroatoms. The summed E-state index contributed by atoms with van der Waals surface area (Å²) in [5.41, 5.74) is 2.18. The number of allylic oxidation sites excluding steroid dienone is 1. The molecule has 0 saturated heterocycles. The molecular formula is C11H4N4O3. The van der Waals surface area contributed by atoms with Crippen molar-refractivity contribution < 1.29 is 14.2 Å². The Kier molecular flexibility index (Phi) is 1.48. The Bertz CT molecular complexity index is 871. The summed E-state index contributed by atoms with van der Waals surface area (Å²) in [6, 6.07) is 0. The smallest absolute Gasteiger partial charge is 0.251 e. The minimum atomic E-state index is -0.603. The van der Waals surface area contributed by atoms with Crippen LogP contribution in [0, 0.1) is 0 Å². The van der Waals surface area contributed by atoms with Crippen LogP contribution in [0.15, 0.2) is 16.9 Å². The number of H-pyrrole nitrogens is 1. The maximum Gasteiger partial charge on any atom is 0.251 e. The van der Waals surface area contributed by atoms with Gasteiger partial charge in [-0.1, -0.05) is 0 Å². The number of hydrogen-bond donors (Lipinski definition) is 1. The first-order valence-electron chi connectivity index (χ1n) is 5.15. The first-order valence-corrected chi connectivity index (χ1v) is 5.15. The molecule has 0 amide bonds. The predicted octanol–water partition coefficient (Wildman–Crippen LogP) is 0.878. The topological polar surface area (TPSA) is 102 Å². The van der Waals surface area contributed by atoms with E-state index < -0.39 is 11.6 Å². The van der Waals surface area contributed by atoms with Crippen molar-refractivity contribution in [3.8, 4) is 0 Å². The van der Waals surface area contributed by atoms with Gasteiger partial charge in [0.2, 0.25) is 11.4 Å². The average molecular weight is 240 g/mol. The highest BCUT2D eigenvalue weighted by Crippen LogP contribution is 2.29. The van der Waals surface area contributed by atoms with Crippen molar-refractivity contribution in [3.05, 3.63) is 23.5 Å². The minimum absolute atomic E-state index is 0.154. The molecule has 18 heavy (non-hydrogen) atoms. The number of pyridine rings is 1. The van der Waals surface area contributed by atoms with Crippen molar-refractivity contribution in [2.24, 2.45) is 0 Å². The van der Waals surface area contributed by atoms with Crippen molar-refractivity contribution in [3.63, 3.8) is 0 Å². The van der Waals surface area contributed by atoms with Crippen LogP contribution in [0.5, 0.6) is 0 Å². The number of aromatic nitrogens is 4. The third kappa shape index (κ3) is 0.956. The molecule has 0 aliphatic heterocycles. The molecule has 0 fully saturated rings. The van der Waals surface area contributed by atoms with E-state index in [1.165, 1.54) is 6.08 Å². The van der Waals surface area contributed by atoms with Crippen molar-refractivity contribution in [2.45, 2.75) is 0 Å². The number of carbonyl (C=O) groups excluding carboxylic acids is 2. The van der Waals surface area contributed by atoms with E-state index in [1.54, 1.807) is 12.3 Å². The van der Waals surface area contributed by atoms with Gasteiger partial charge in [-0.2, -0.15) is 5.16 Å². The lowest BCUT2D eigenvalue weighted by Crippen LogP contribution is -2.15. The Morgan fingerprint density at radius 3 is 3.00 bits per heavy atom. The Morgan fingerprint density at radius 2 is 2.11 bits per heavy atom. The van der Waals surface area contributed by atoms with E-state index in [9.17, 15) is 9.59 Å². The second kappa shape index (κ2) is 2.89. The number of fused-ring (bicyclic) bond motifs is 5. The van der Waals surface area contributed by atoms with E-state index in [1.807, 2.05) is 0 Å².